The average molecular weight is 294 g/mol. The Balaban J connectivity index is 3.05. The van der Waals surface area contributed by atoms with Crippen LogP contribution in [0.15, 0.2) is 23.8 Å². The van der Waals surface area contributed by atoms with Gasteiger partial charge in [0.05, 0.1) is 7.11 Å². The van der Waals surface area contributed by atoms with Crippen molar-refractivity contribution in [2.45, 2.75) is 46.5 Å². The van der Waals surface area contributed by atoms with Gasteiger partial charge in [-0.1, -0.05) is 12.1 Å². The molecule has 0 amide bonds. The Morgan fingerprint density at radius 2 is 1.95 bits per heavy atom. The minimum absolute atomic E-state index is 0.310. The molecule has 0 saturated heterocycles. The zero-order valence-corrected chi connectivity index (χ0v) is 13.8. The van der Waals surface area contributed by atoms with Gasteiger partial charge in [-0.25, -0.2) is 0 Å². The van der Waals surface area contributed by atoms with Crippen LogP contribution >= 0.6 is 0 Å². The lowest BCUT2D eigenvalue weighted by atomic mass is 10.1. The predicted molar refractivity (Wildman–Crippen MR) is 84.7 cm³/mol. The molecule has 0 aliphatic rings. The summed E-state index contributed by atoms with van der Waals surface area (Å²) >= 11 is 0. The zero-order valence-electron chi connectivity index (χ0n) is 13.8. The monoisotopic (exact) mass is 294 g/mol. The van der Waals surface area contributed by atoms with Crippen LogP contribution in [-0.2, 0) is 4.74 Å². The SMILES string of the molecule is CCOC(O)/C(C)=C/c1ccc(OC)c(OC(C)(C)C)c1. The molecule has 1 atom stereocenters. The van der Waals surface area contributed by atoms with E-state index in [1.807, 2.05) is 58.9 Å². The van der Waals surface area contributed by atoms with Crippen molar-refractivity contribution in [3.63, 3.8) is 0 Å². The number of aliphatic hydroxyl groups is 1. The first-order chi connectivity index (χ1) is 9.76. The second-order valence-electron chi connectivity index (χ2n) is 5.82. The third kappa shape index (κ3) is 5.78. The highest BCUT2D eigenvalue weighted by Crippen LogP contribution is 2.32. The summed E-state index contributed by atoms with van der Waals surface area (Å²) in [6.07, 6.45) is 0.985. The summed E-state index contributed by atoms with van der Waals surface area (Å²) < 4.78 is 16.4. The van der Waals surface area contributed by atoms with Crippen molar-refractivity contribution < 1.29 is 19.3 Å². The largest absolute Gasteiger partial charge is 0.493 e. The zero-order chi connectivity index (χ0) is 16.0. The molecular formula is C17H26O4. The number of aliphatic hydroxyl groups excluding tert-OH is 1. The summed E-state index contributed by atoms with van der Waals surface area (Å²) in [6, 6.07) is 5.66. The topological polar surface area (TPSA) is 47.9 Å². The number of benzene rings is 1. The van der Waals surface area contributed by atoms with E-state index in [0.717, 1.165) is 11.1 Å². The van der Waals surface area contributed by atoms with Gasteiger partial charge in [0.2, 0.25) is 0 Å². The van der Waals surface area contributed by atoms with E-state index in [-0.39, 0.29) is 5.60 Å². The van der Waals surface area contributed by atoms with E-state index in [1.54, 1.807) is 7.11 Å². The van der Waals surface area contributed by atoms with Gasteiger partial charge in [-0.15, -0.1) is 0 Å². The minimum atomic E-state index is -0.885. The summed E-state index contributed by atoms with van der Waals surface area (Å²) in [7, 11) is 1.62. The van der Waals surface area contributed by atoms with E-state index >= 15 is 0 Å². The molecule has 1 rings (SSSR count). The van der Waals surface area contributed by atoms with Crippen LogP contribution in [0.2, 0.25) is 0 Å². The van der Waals surface area contributed by atoms with Crippen LogP contribution in [-0.4, -0.2) is 30.7 Å². The van der Waals surface area contributed by atoms with Crippen LogP contribution in [0.25, 0.3) is 6.08 Å². The third-order valence-corrected chi connectivity index (χ3v) is 2.71. The highest BCUT2D eigenvalue weighted by Gasteiger charge is 2.15. The Morgan fingerprint density at radius 1 is 1.29 bits per heavy atom. The van der Waals surface area contributed by atoms with Crippen molar-refractivity contribution in [2.24, 2.45) is 0 Å². The van der Waals surface area contributed by atoms with Crippen LogP contribution in [0.5, 0.6) is 11.5 Å². The Labute approximate surface area is 127 Å². The van der Waals surface area contributed by atoms with Gasteiger partial charge < -0.3 is 19.3 Å². The maximum absolute atomic E-state index is 9.79. The first kappa shape index (κ1) is 17.5. The Hall–Kier alpha value is -1.52. The van der Waals surface area contributed by atoms with Gasteiger partial charge in [-0.3, -0.25) is 0 Å². The fraction of sp³-hybridized carbons (Fsp3) is 0.529. The first-order valence-electron chi connectivity index (χ1n) is 7.11. The molecule has 0 spiro atoms. The third-order valence-electron chi connectivity index (χ3n) is 2.71. The summed E-state index contributed by atoms with van der Waals surface area (Å²) in [5.74, 6) is 1.36. The molecule has 0 saturated carbocycles. The van der Waals surface area contributed by atoms with Crippen molar-refractivity contribution in [3.8, 4) is 11.5 Å². The van der Waals surface area contributed by atoms with Gasteiger partial charge in [0, 0.05) is 6.61 Å². The standard InChI is InChI=1S/C17H26O4/c1-7-20-16(18)12(2)10-13-8-9-14(19-6)15(11-13)21-17(3,4)5/h8-11,16,18H,7H2,1-6H3/b12-10+. The highest BCUT2D eigenvalue weighted by atomic mass is 16.6. The van der Waals surface area contributed by atoms with Gasteiger partial charge in [0.15, 0.2) is 17.8 Å². The normalized spacial score (nSPS) is 14.0. The van der Waals surface area contributed by atoms with Crippen LogP contribution in [0, 0.1) is 0 Å². The quantitative estimate of drug-likeness (QED) is 0.814. The summed E-state index contributed by atoms with van der Waals surface area (Å²) in [4.78, 5) is 0. The first-order valence-corrected chi connectivity index (χ1v) is 7.11. The van der Waals surface area contributed by atoms with Crippen LogP contribution in [0.1, 0.15) is 40.2 Å². The number of ether oxygens (including phenoxy) is 3. The summed E-state index contributed by atoms with van der Waals surface area (Å²) in [5.41, 5.74) is 1.35. The van der Waals surface area contributed by atoms with Crippen molar-refractivity contribution >= 4 is 6.08 Å². The molecule has 0 aliphatic heterocycles. The molecule has 1 unspecified atom stereocenters. The fourth-order valence-electron chi connectivity index (χ4n) is 1.82. The minimum Gasteiger partial charge on any atom is -0.493 e. The molecule has 21 heavy (non-hydrogen) atoms. The second-order valence-corrected chi connectivity index (χ2v) is 5.82. The van der Waals surface area contributed by atoms with Gasteiger partial charge in [0.1, 0.15) is 5.60 Å². The van der Waals surface area contributed by atoms with Crippen LogP contribution < -0.4 is 9.47 Å². The number of rotatable bonds is 6. The van der Waals surface area contributed by atoms with Gasteiger partial charge >= 0.3 is 0 Å². The summed E-state index contributed by atoms with van der Waals surface area (Å²) in [5, 5.41) is 9.79. The van der Waals surface area contributed by atoms with E-state index in [2.05, 4.69) is 0 Å². The van der Waals surface area contributed by atoms with Crippen molar-refractivity contribution in [2.75, 3.05) is 13.7 Å². The lowest BCUT2D eigenvalue weighted by Gasteiger charge is -2.23. The lowest BCUT2D eigenvalue weighted by Crippen LogP contribution is -2.23. The predicted octanol–water partition coefficient (Wildman–Crippen LogP) is 3.63. The molecule has 0 aliphatic carbocycles. The van der Waals surface area contributed by atoms with Gasteiger partial charge in [0.25, 0.3) is 0 Å². The van der Waals surface area contributed by atoms with Crippen LogP contribution in [0.4, 0.5) is 0 Å². The molecule has 0 heterocycles. The van der Waals surface area contributed by atoms with Crippen molar-refractivity contribution in [1.29, 1.82) is 0 Å². The van der Waals surface area contributed by atoms with E-state index in [9.17, 15) is 5.11 Å². The van der Waals surface area contributed by atoms with Crippen molar-refractivity contribution in [3.05, 3.63) is 29.3 Å². The molecule has 118 valence electrons. The number of hydrogen-bond acceptors (Lipinski definition) is 4. The lowest BCUT2D eigenvalue weighted by molar-refractivity contribution is -0.0662. The Bertz CT molecular complexity index is 486. The fourth-order valence-corrected chi connectivity index (χ4v) is 1.82. The Morgan fingerprint density at radius 3 is 2.48 bits per heavy atom. The van der Waals surface area contributed by atoms with E-state index in [1.165, 1.54) is 0 Å². The molecule has 0 aromatic heterocycles. The molecule has 1 aromatic carbocycles. The maximum Gasteiger partial charge on any atom is 0.177 e. The number of hydrogen-bond donors (Lipinski definition) is 1. The number of methoxy groups -OCH3 is 1. The van der Waals surface area contributed by atoms with Gasteiger partial charge in [-0.2, -0.15) is 0 Å². The molecule has 0 fully saturated rings. The van der Waals surface area contributed by atoms with E-state index in [0.29, 0.717) is 18.1 Å². The van der Waals surface area contributed by atoms with E-state index < -0.39 is 6.29 Å². The molecule has 4 heteroatoms. The molecular weight excluding hydrogens is 268 g/mol. The summed E-state index contributed by atoms with van der Waals surface area (Å²) in [6.45, 7) is 10.1. The highest BCUT2D eigenvalue weighted by molar-refractivity contribution is 5.58. The smallest absolute Gasteiger partial charge is 0.177 e. The molecule has 1 aromatic rings. The average Bonchev–Trinajstić information content (AvgIpc) is 2.37. The maximum atomic E-state index is 9.79. The van der Waals surface area contributed by atoms with Gasteiger partial charge in [-0.05, 0) is 57.9 Å². The molecule has 0 bridgehead atoms. The molecule has 1 N–H and O–H groups in total. The van der Waals surface area contributed by atoms with Crippen LogP contribution in [0.3, 0.4) is 0 Å². The van der Waals surface area contributed by atoms with Crippen molar-refractivity contribution in [1.82, 2.24) is 0 Å². The molecule has 0 radical (unpaired) electrons. The van der Waals surface area contributed by atoms with E-state index in [4.69, 9.17) is 14.2 Å². The Kier molecular flexibility index (Phi) is 6.24. The molecule has 4 nitrogen and oxygen atoms in total. The second kappa shape index (κ2) is 7.48.